The summed E-state index contributed by atoms with van der Waals surface area (Å²) in [5.74, 6) is 2.21. The lowest BCUT2D eigenvalue weighted by molar-refractivity contribution is 0.122. The van der Waals surface area contributed by atoms with Crippen LogP contribution in [0.2, 0.25) is 0 Å². The van der Waals surface area contributed by atoms with Crippen LogP contribution in [0.1, 0.15) is 31.2 Å². The summed E-state index contributed by atoms with van der Waals surface area (Å²) in [5.41, 5.74) is 2.23. The number of fused-ring (bicyclic) bond motifs is 1. The third kappa shape index (κ3) is 5.96. The number of sulfonamides is 1. The van der Waals surface area contributed by atoms with E-state index >= 15 is 0 Å². The molecule has 0 spiro atoms. The summed E-state index contributed by atoms with van der Waals surface area (Å²) in [6.07, 6.45) is 8.13. The molecule has 0 amide bonds. The number of aryl methyl sites for hydroxylation is 1. The fourth-order valence-electron chi connectivity index (χ4n) is 4.71. The van der Waals surface area contributed by atoms with E-state index < -0.39 is 10.0 Å². The van der Waals surface area contributed by atoms with Crippen molar-refractivity contribution in [2.75, 3.05) is 47.5 Å². The average molecular weight is 513 g/mol. The van der Waals surface area contributed by atoms with Crippen LogP contribution < -0.4 is 19.7 Å². The van der Waals surface area contributed by atoms with Crippen LogP contribution in [0.3, 0.4) is 0 Å². The van der Waals surface area contributed by atoms with Gasteiger partial charge in [0.1, 0.15) is 17.7 Å². The minimum absolute atomic E-state index is 0.00930. The molecule has 2 aliphatic rings. The van der Waals surface area contributed by atoms with Crippen LogP contribution in [-0.4, -0.2) is 68.1 Å². The van der Waals surface area contributed by atoms with Crippen molar-refractivity contribution in [3.63, 3.8) is 0 Å². The lowest BCUT2D eigenvalue weighted by atomic mass is 9.93. The molecule has 1 aliphatic heterocycles. The number of ether oxygens (including phenoxy) is 2. The molecule has 2 N–H and O–H groups in total. The van der Waals surface area contributed by atoms with Gasteiger partial charge in [0.25, 0.3) is 0 Å². The minimum Gasteiger partial charge on any atom is -0.474 e. The maximum Gasteiger partial charge on any atom is 0.229 e. The van der Waals surface area contributed by atoms with E-state index in [0.29, 0.717) is 41.7 Å². The van der Waals surface area contributed by atoms with Crippen LogP contribution in [-0.2, 0) is 14.8 Å². The molecule has 10 nitrogen and oxygen atoms in total. The molecule has 0 bridgehead atoms. The Morgan fingerprint density at radius 3 is 2.61 bits per heavy atom. The van der Waals surface area contributed by atoms with Crippen LogP contribution in [0, 0.1) is 6.92 Å². The smallest absolute Gasteiger partial charge is 0.229 e. The first-order valence-electron chi connectivity index (χ1n) is 12.3. The Kier molecular flexibility index (Phi) is 7.10. The molecule has 11 heteroatoms. The summed E-state index contributed by atoms with van der Waals surface area (Å²) in [6, 6.07) is 8.01. The van der Waals surface area contributed by atoms with Gasteiger partial charge in [0.05, 0.1) is 42.3 Å². The topological polar surface area (TPSA) is 119 Å². The maximum atomic E-state index is 11.8. The molecule has 1 saturated carbocycles. The Balaban J connectivity index is 1.36. The van der Waals surface area contributed by atoms with Crippen LogP contribution in [0.5, 0.6) is 5.88 Å². The Hall–Kier alpha value is -3.18. The van der Waals surface area contributed by atoms with Gasteiger partial charge in [0.2, 0.25) is 15.9 Å². The second-order valence-electron chi connectivity index (χ2n) is 9.45. The summed E-state index contributed by atoms with van der Waals surface area (Å²) in [5, 5.41) is 4.25. The molecule has 0 atom stereocenters. The van der Waals surface area contributed by atoms with E-state index in [0.717, 1.165) is 62.2 Å². The normalized spacial score (nSPS) is 20.8. The maximum absolute atomic E-state index is 11.8. The van der Waals surface area contributed by atoms with Gasteiger partial charge < -0.3 is 19.7 Å². The number of aromatic nitrogens is 3. The zero-order valence-corrected chi connectivity index (χ0v) is 21.4. The van der Waals surface area contributed by atoms with Gasteiger partial charge >= 0.3 is 0 Å². The van der Waals surface area contributed by atoms with E-state index in [-0.39, 0.29) is 6.10 Å². The highest BCUT2D eigenvalue weighted by Gasteiger charge is 2.25. The number of pyridine rings is 3. The van der Waals surface area contributed by atoms with E-state index in [2.05, 4.69) is 37.9 Å². The molecule has 3 aromatic rings. The first-order valence-corrected chi connectivity index (χ1v) is 14.2. The minimum atomic E-state index is -3.43. The van der Waals surface area contributed by atoms with Gasteiger partial charge in [-0.05, 0) is 50.3 Å². The monoisotopic (exact) mass is 512 g/mol. The van der Waals surface area contributed by atoms with E-state index in [1.54, 1.807) is 6.07 Å². The molecule has 4 heterocycles. The summed E-state index contributed by atoms with van der Waals surface area (Å²) >= 11 is 0. The Bertz CT molecular complexity index is 1320. The summed E-state index contributed by atoms with van der Waals surface area (Å²) in [4.78, 5) is 16.0. The number of nitrogens with zero attached hydrogens (tertiary/aromatic N) is 4. The molecule has 1 saturated heterocycles. The van der Waals surface area contributed by atoms with Crippen molar-refractivity contribution in [1.82, 2.24) is 15.0 Å². The zero-order valence-electron chi connectivity index (χ0n) is 20.6. The average Bonchev–Trinajstić information content (AvgIpc) is 2.86. The molecule has 3 aromatic heterocycles. The molecule has 1 aliphatic carbocycles. The first-order chi connectivity index (χ1) is 17.3. The highest BCUT2D eigenvalue weighted by Crippen LogP contribution is 2.33. The zero-order chi connectivity index (χ0) is 25.1. The number of morpholine rings is 1. The van der Waals surface area contributed by atoms with Gasteiger partial charge in [-0.1, -0.05) is 6.07 Å². The Morgan fingerprint density at radius 1 is 1.11 bits per heavy atom. The van der Waals surface area contributed by atoms with Gasteiger partial charge in [-0.15, -0.1) is 0 Å². The number of hydrogen-bond acceptors (Lipinski definition) is 9. The second kappa shape index (κ2) is 10.4. The van der Waals surface area contributed by atoms with E-state index in [9.17, 15) is 8.42 Å². The second-order valence-corrected chi connectivity index (χ2v) is 11.2. The Labute approximate surface area is 211 Å². The molecule has 5 rings (SSSR count). The van der Waals surface area contributed by atoms with Gasteiger partial charge in [-0.3, -0.25) is 9.71 Å². The summed E-state index contributed by atoms with van der Waals surface area (Å²) < 4.78 is 38.0. The molecule has 0 aromatic carbocycles. The van der Waals surface area contributed by atoms with E-state index in [1.165, 1.54) is 6.20 Å². The predicted molar refractivity (Wildman–Crippen MR) is 140 cm³/mol. The van der Waals surface area contributed by atoms with Crippen LogP contribution >= 0.6 is 0 Å². The van der Waals surface area contributed by atoms with Gasteiger partial charge in [0, 0.05) is 31.4 Å². The summed E-state index contributed by atoms with van der Waals surface area (Å²) in [6.45, 7) is 4.84. The number of rotatable bonds is 7. The third-order valence-electron chi connectivity index (χ3n) is 6.57. The third-order valence-corrected chi connectivity index (χ3v) is 7.18. The molecule has 192 valence electrons. The number of anilines is 3. The first kappa shape index (κ1) is 24.5. The van der Waals surface area contributed by atoms with Crippen LogP contribution in [0.4, 0.5) is 17.3 Å². The van der Waals surface area contributed by atoms with Crippen molar-refractivity contribution in [2.45, 2.75) is 44.8 Å². The van der Waals surface area contributed by atoms with E-state index in [1.807, 2.05) is 18.3 Å². The molecule has 2 fully saturated rings. The lowest BCUT2D eigenvalue weighted by Gasteiger charge is -2.31. The van der Waals surface area contributed by atoms with Gasteiger partial charge in [-0.2, -0.15) is 4.98 Å². The van der Waals surface area contributed by atoms with Crippen LogP contribution in [0.15, 0.2) is 36.7 Å². The fourth-order valence-corrected chi connectivity index (χ4v) is 5.25. The lowest BCUT2D eigenvalue weighted by Crippen LogP contribution is -2.37. The van der Waals surface area contributed by atoms with Crippen molar-refractivity contribution in [3.05, 3.63) is 42.2 Å². The number of nitrogens with one attached hydrogen (secondary N) is 2. The SMILES string of the molecule is Cc1cccnc1NC1CCC(Oc2nc(N3CCOCC3)cc3ncc(NS(C)(=O)=O)cc23)CC1. The highest BCUT2D eigenvalue weighted by molar-refractivity contribution is 7.92. The molecule has 36 heavy (non-hydrogen) atoms. The summed E-state index contributed by atoms with van der Waals surface area (Å²) in [7, 11) is -3.43. The fraction of sp³-hybridized carbons (Fsp3) is 0.480. The molecule has 0 unspecified atom stereocenters. The van der Waals surface area contributed by atoms with Gasteiger partial charge in [0.15, 0.2) is 0 Å². The van der Waals surface area contributed by atoms with Crippen molar-refractivity contribution in [3.8, 4) is 5.88 Å². The van der Waals surface area contributed by atoms with E-state index in [4.69, 9.17) is 14.5 Å². The molecular weight excluding hydrogens is 480 g/mol. The molecule has 0 radical (unpaired) electrons. The van der Waals surface area contributed by atoms with Crippen molar-refractivity contribution in [2.24, 2.45) is 0 Å². The highest BCUT2D eigenvalue weighted by atomic mass is 32.2. The van der Waals surface area contributed by atoms with Gasteiger partial charge in [-0.25, -0.2) is 13.4 Å². The van der Waals surface area contributed by atoms with Crippen molar-refractivity contribution < 1.29 is 17.9 Å². The van der Waals surface area contributed by atoms with Crippen molar-refractivity contribution >= 4 is 38.2 Å². The quantitative estimate of drug-likeness (QED) is 0.491. The Morgan fingerprint density at radius 2 is 1.89 bits per heavy atom. The molecular formula is C25H32N6O4S. The standard InChI is InChI=1S/C25H32N6O4S/c1-17-4-3-9-26-24(17)28-18-5-7-20(8-6-18)35-25-21-14-19(30-36(2,32)33)16-27-22(21)15-23(29-25)31-10-12-34-13-11-31/h3-4,9,14-16,18,20,30H,5-8,10-13H2,1-2H3,(H,26,28). The predicted octanol–water partition coefficient (Wildman–Crippen LogP) is 3.34. The van der Waals surface area contributed by atoms with Crippen molar-refractivity contribution in [1.29, 1.82) is 0 Å². The largest absolute Gasteiger partial charge is 0.474 e. The number of hydrogen-bond donors (Lipinski definition) is 2. The van der Waals surface area contributed by atoms with Crippen LogP contribution in [0.25, 0.3) is 10.9 Å².